The number of hydrogen-bond donors (Lipinski definition) is 4. The van der Waals surface area contributed by atoms with Crippen LogP contribution < -0.4 is 10.6 Å². The van der Waals surface area contributed by atoms with Crippen LogP contribution in [0, 0.1) is 0 Å². The third kappa shape index (κ3) is 5.28. The maximum absolute atomic E-state index is 11.7. The average Bonchev–Trinajstić information content (AvgIpc) is 2.45. The lowest BCUT2D eigenvalue weighted by atomic mass is 10.2. The van der Waals surface area contributed by atoms with Crippen LogP contribution in [0.3, 0.4) is 0 Å². The maximum atomic E-state index is 11.7. The zero-order chi connectivity index (χ0) is 15.8. The van der Waals surface area contributed by atoms with E-state index in [2.05, 4.69) is 10.6 Å². The molecule has 0 aliphatic heterocycles. The molecule has 0 bridgehead atoms. The predicted molar refractivity (Wildman–Crippen MR) is 74.8 cm³/mol. The van der Waals surface area contributed by atoms with Gasteiger partial charge in [0.1, 0.15) is 5.75 Å². The van der Waals surface area contributed by atoms with E-state index in [4.69, 9.17) is 14.6 Å². The third-order valence-electron chi connectivity index (χ3n) is 2.67. The second-order valence-electron chi connectivity index (χ2n) is 4.19. The van der Waals surface area contributed by atoms with Crippen LogP contribution in [0.25, 0.3) is 0 Å². The Hall–Kier alpha value is -2.32. The van der Waals surface area contributed by atoms with Crippen molar-refractivity contribution >= 4 is 17.7 Å². The summed E-state index contributed by atoms with van der Waals surface area (Å²) < 4.78 is 9.98. The van der Waals surface area contributed by atoms with Gasteiger partial charge in [0.25, 0.3) is 0 Å². The van der Waals surface area contributed by atoms with E-state index in [1.54, 1.807) is 0 Å². The molecular weight excluding hydrogens is 280 g/mol. The van der Waals surface area contributed by atoms with Crippen molar-refractivity contribution in [2.24, 2.45) is 0 Å². The van der Waals surface area contributed by atoms with Gasteiger partial charge in [0.2, 0.25) is 0 Å². The van der Waals surface area contributed by atoms with Crippen molar-refractivity contribution in [1.29, 1.82) is 0 Å². The summed E-state index contributed by atoms with van der Waals surface area (Å²) in [6.45, 7) is 0.555. The normalized spacial score (nSPS) is 11.7. The lowest BCUT2D eigenvalue weighted by molar-refractivity contribution is 0.0307. The van der Waals surface area contributed by atoms with Crippen LogP contribution in [0.2, 0.25) is 0 Å². The van der Waals surface area contributed by atoms with Gasteiger partial charge in [-0.05, 0) is 18.2 Å². The molecule has 0 saturated heterocycles. The molecule has 1 aromatic carbocycles. The molecule has 116 valence electrons. The molecule has 0 radical (unpaired) electrons. The minimum absolute atomic E-state index is 0.0713. The Kier molecular flexibility index (Phi) is 6.44. The molecule has 0 heterocycles. The van der Waals surface area contributed by atoms with Crippen LogP contribution in [0.4, 0.5) is 10.5 Å². The van der Waals surface area contributed by atoms with Gasteiger partial charge in [-0.15, -0.1) is 0 Å². The Morgan fingerprint density at radius 1 is 1.33 bits per heavy atom. The molecule has 0 aliphatic rings. The highest BCUT2D eigenvalue weighted by atomic mass is 16.5. The number of aromatic carboxylic acids is 1. The fourth-order valence-electron chi connectivity index (χ4n) is 1.54. The van der Waals surface area contributed by atoms with E-state index in [0.29, 0.717) is 6.61 Å². The largest absolute Gasteiger partial charge is 0.506 e. The van der Waals surface area contributed by atoms with Crippen molar-refractivity contribution in [2.45, 2.75) is 6.10 Å². The van der Waals surface area contributed by atoms with Crippen molar-refractivity contribution in [3.05, 3.63) is 23.8 Å². The number of carbonyl (C=O) groups excluding carboxylic acids is 1. The smallest absolute Gasteiger partial charge is 0.335 e. The van der Waals surface area contributed by atoms with Crippen LogP contribution in [0.1, 0.15) is 10.4 Å². The van der Waals surface area contributed by atoms with Crippen LogP contribution in [0.5, 0.6) is 5.75 Å². The minimum atomic E-state index is -1.16. The summed E-state index contributed by atoms with van der Waals surface area (Å²) >= 11 is 0. The van der Waals surface area contributed by atoms with Crippen molar-refractivity contribution < 1.29 is 29.3 Å². The zero-order valence-corrected chi connectivity index (χ0v) is 11.8. The van der Waals surface area contributed by atoms with Gasteiger partial charge in [0.05, 0.1) is 24.0 Å². The Balaban J connectivity index is 2.57. The summed E-state index contributed by atoms with van der Waals surface area (Å²) in [4.78, 5) is 22.4. The SMILES string of the molecule is COCC(CNC(=O)Nc1ccc(C(=O)O)cc1O)OC. The number of aromatic hydroxyl groups is 1. The number of phenols is 1. The molecule has 0 aliphatic carbocycles. The molecule has 0 spiro atoms. The first-order chi connectivity index (χ1) is 9.97. The van der Waals surface area contributed by atoms with Gasteiger partial charge in [-0.2, -0.15) is 0 Å². The number of anilines is 1. The molecule has 1 aromatic rings. The number of phenolic OH excluding ortho intramolecular Hbond substituents is 1. The highest BCUT2D eigenvalue weighted by molar-refractivity contribution is 5.93. The van der Waals surface area contributed by atoms with E-state index in [1.165, 1.54) is 26.4 Å². The number of hydrogen-bond acceptors (Lipinski definition) is 5. The molecule has 4 N–H and O–H groups in total. The van der Waals surface area contributed by atoms with Crippen molar-refractivity contribution in [3.63, 3.8) is 0 Å². The molecule has 0 aromatic heterocycles. The molecule has 8 nitrogen and oxygen atoms in total. The predicted octanol–water partition coefficient (Wildman–Crippen LogP) is 0.873. The van der Waals surface area contributed by atoms with E-state index in [-0.39, 0.29) is 29.6 Å². The number of amides is 2. The summed E-state index contributed by atoms with van der Waals surface area (Å²) in [5.74, 6) is -1.49. The highest BCUT2D eigenvalue weighted by Gasteiger charge is 2.12. The van der Waals surface area contributed by atoms with Crippen molar-refractivity contribution in [2.75, 3.05) is 32.7 Å². The number of rotatable bonds is 7. The lowest BCUT2D eigenvalue weighted by Crippen LogP contribution is -2.38. The first kappa shape index (κ1) is 16.7. The van der Waals surface area contributed by atoms with Gasteiger partial charge < -0.3 is 30.3 Å². The number of nitrogens with one attached hydrogen (secondary N) is 2. The molecule has 1 unspecified atom stereocenters. The van der Waals surface area contributed by atoms with Gasteiger partial charge >= 0.3 is 12.0 Å². The molecule has 8 heteroatoms. The second-order valence-corrected chi connectivity index (χ2v) is 4.19. The fraction of sp³-hybridized carbons (Fsp3) is 0.385. The quantitative estimate of drug-likeness (QED) is 0.555. The Morgan fingerprint density at radius 3 is 2.57 bits per heavy atom. The van der Waals surface area contributed by atoms with Crippen LogP contribution >= 0.6 is 0 Å². The number of carboxylic acid groups (broad SMARTS) is 1. The number of methoxy groups -OCH3 is 2. The topological polar surface area (TPSA) is 117 Å². The van der Waals surface area contributed by atoms with Gasteiger partial charge in [-0.3, -0.25) is 0 Å². The maximum Gasteiger partial charge on any atom is 0.335 e. The van der Waals surface area contributed by atoms with Crippen molar-refractivity contribution in [1.82, 2.24) is 5.32 Å². The first-order valence-electron chi connectivity index (χ1n) is 6.10. The Labute approximate surface area is 121 Å². The molecule has 2 amide bonds. The van der Waals surface area contributed by atoms with Crippen molar-refractivity contribution in [3.8, 4) is 5.75 Å². The standard InChI is InChI=1S/C13H18N2O6/c1-20-7-9(21-2)6-14-13(19)15-10-4-3-8(12(17)18)5-11(10)16/h3-5,9,16H,6-7H2,1-2H3,(H,17,18)(H2,14,15,19). The van der Waals surface area contributed by atoms with E-state index in [1.807, 2.05) is 0 Å². The second kappa shape index (κ2) is 8.08. The average molecular weight is 298 g/mol. The molecule has 0 saturated carbocycles. The zero-order valence-electron chi connectivity index (χ0n) is 11.8. The molecular formula is C13H18N2O6. The highest BCUT2D eigenvalue weighted by Crippen LogP contribution is 2.24. The van der Waals surface area contributed by atoms with Crippen LogP contribution in [-0.4, -0.2) is 55.7 Å². The van der Waals surface area contributed by atoms with E-state index in [0.717, 1.165) is 6.07 Å². The Bertz CT molecular complexity index is 505. The van der Waals surface area contributed by atoms with Gasteiger partial charge in [-0.1, -0.05) is 0 Å². The summed E-state index contributed by atoms with van der Waals surface area (Å²) in [5.41, 5.74) is 0.0382. The summed E-state index contributed by atoms with van der Waals surface area (Å²) in [7, 11) is 3.02. The number of carboxylic acids is 1. The molecule has 0 fully saturated rings. The Morgan fingerprint density at radius 2 is 2.05 bits per heavy atom. The van der Waals surface area contributed by atoms with Gasteiger partial charge in [-0.25, -0.2) is 9.59 Å². The summed E-state index contributed by atoms with van der Waals surface area (Å²) in [6.07, 6.45) is -0.288. The number of carbonyl (C=O) groups is 2. The first-order valence-corrected chi connectivity index (χ1v) is 6.10. The third-order valence-corrected chi connectivity index (χ3v) is 2.67. The van der Waals surface area contributed by atoms with E-state index in [9.17, 15) is 14.7 Å². The summed E-state index contributed by atoms with van der Waals surface area (Å²) in [5, 5.41) is 23.4. The minimum Gasteiger partial charge on any atom is -0.506 e. The van der Waals surface area contributed by atoms with Crippen LogP contribution in [0.15, 0.2) is 18.2 Å². The number of benzene rings is 1. The van der Waals surface area contributed by atoms with Gasteiger partial charge in [0.15, 0.2) is 0 Å². The fourth-order valence-corrected chi connectivity index (χ4v) is 1.54. The molecule has 21 heavy (non-hydrogen) atoms. The van der Waals surface area contributed by atoms with E-state index < -0.39 is 12.0 Å². The number of ether oxygens (including phenoxy) is 2. The monoisotopic (exact) mass is 298 g/mol. The molecule has 1 rings (SSSR count). The lowest BCUT2D eigenvalue weighted by Gasteiger charge is -2.15. The number of urea groups is 1. The summed E-state index contributed by atoms with van der Waals surface area (Å²) in [6, 6.07) is 3.09. The van der Waals surface area contributed by atoms with E-state index >= 15 is 0 Å². The van der Waals surface area contributed by atoms with Gasteiger partial charge in [0, 0.05) is 20.8 Å². The molecule has 1 atom stereocenters. The van der Waals surface area contributed by atoms with Crippen LogP contribution in [-0.2, 0) is 9.47 Å².